The fraction of sp³-hybridized carbons (Fsp3) is 0.133. The van der Waals surface area contributed by atoms with Gasteiger partial charge in [-0.3, -0.25) is 4.79 Å². The van der Waals surface area contributed by atoms with E-state index in [4.69, 9.17) is 5.73 Å². The molecule has 0 aliphatic carbocycles. The number of amides is 1. The van der Waals surface area contributed by atoms with E-state index in [2.05, 4.69) is 20.3 Å². The van der Waals surface area contributed by atoms with Gasteiger partial charge in [-0.25, -0.2) is 9.97 Å². The summed E-state index contributed by atoms with van der Waals surface area (Å²) in [5.74, 6) is 0.406. The van der Waals surface area contributed by atoms with Crippen LogP contribution in [-0.4, -0.2) is 33.9 Å². The Morgan fingerprint density at radius 2 is 2.00 bits per heavy atom. The second-order valence-electron chi connectivity index (χ2n) is 4.56. The molecule has 0 fully saturated rings. The van der Waals surface area contributed by atoms with E-state index in [-0.39, 0.29) is 5.91 Å². The number of hydrogen-bond donors (Lipinski definition) is 3. The Hall–Kier alpha value is -2.73. The van der Waals surface area contributed by atoms with Crippen LogP contribution in [0.15, 0.2) is 42.5 Å². The Kier molecular flexibility index (Phi) is 3.61. The zero-order valence-corrected chi connectivity index (χ0v) is 11.3. The van der Waals surface area contributed by atoms with Crippen LogP contribution >= 0.6 is 0 Å². The number of pyridine rings is 1. The van der Waals surface area contributed by atoms with Crippen molar-refractivity contribution < 1.29 is 4.79 Å². The Bertz CT molecular complexity index is 747. The quantitative estimate of drug-likeness (QED) is 0.671. The van der Waals surface area contributed by atoms with Crippen molar-refractivity contribution in [3.8, 4) is 11.5 Å². The van der Waals surface area contributed by atoms with Crippen molar-refractivity contribution in [2.75, 3.05) is 13.1 Å². The minimum atomic E-state index is -0.238. The number of fused-ring (bicyclic) bond motifs is 1. The van der Waals surface area contributed by atoms with Crippen molar-refractivity contribution in [1.82, 2.24) is 20.3 Å². The van der Waals surface area contributed by atoms with Crippen molar-refractivity contribution in [3.05, 3.63) is 48.2 Å². The minimum Gasteiger partial charge on any atom is -0.349 e. The molecule has 1 amide bonds. The van der Waals surface area contributed by atoms with Crippen LogP contribution in [0.4, 0.5) is 0 Å². The second-order valence-corrected chi connectivity index (χ2v) is 4.56. The van der Waals surface area contributed by atoms with E-state index in [1.807, 2.05) is 30.3 Å². The fourth-order valence-electron chi connectivity index (χ4n) is 2.04. The summed E-state index contributed by atoms with van der Waals surface area (Å²) in [5.41, 5.74) is 8.15. The first kappa shape index (κ1) is 13.3. The number of para-hydroxylation sites is 2. The summed E-state index contributed by atoms with van der Waals surface area (Å²) in [4.78, 5) is 23.9. The van der Waals surface area contributed by atoms with Gasteiger partial charge >= 0.3 is 0 Å². The minimum absolute atomic E-state index is 0.238. The molecule has 4 N–H and O–H groups in total. The maximum Gasteiger partial charge on any atom is 0.269 e. The molecule has 0 unspecified atom stereocenters. The summed E-state index contributed by atoms with van der Waals surface area (Å²) >= 11 is 0. The molecule has 0 spiro atoms. The van der Waals surface area contributed by atoms with Crippen LogP contribution in [0, 0.1) is 0 Å². The summed E-state index contributed by atoms with van der Waals surface area (Å²) in [5, 5.41) is 2.70. The maximum atomic E-state index is 11.9. The largest absolute Gasteiger partial charge is 0.349 e. The topological polar surface area (TPSA) is 96.7 Å². The number of nitrogens with one attached hydrogen (secondary N) is 2. The third-order valence-corrected chi connectivity index (χ3v) is 3.04. The first-order valence-electron chi connectivity index (χ1n) is 6.68. The number of hydrogen-bond acceptors (Lipinski definition) is 4. The Balaban J connectivity index is 1.93. The Labute approximate surface area is 121 Å². The number of H-pyrrole nitrogens is 1. The van der Waals surface area contributed by atoms with E-state index >= 15 is 0 Å². The standard InChI is InChI=1S/C15H15N5O/c16-8-9-17-15(21)13-7-3-6-12(18-13)14-19-10-4-1-2-5-11(10)20-14/h1-7H,8-9,16H2,(H,17,21)(H,19,20). The number of nitrogens with two attached hydrogens (primary N) is 1. The molecule has 2 heterocycles. The van der Waals surface area contributed by atoms with E-state index in [1.165, 1.54) is 0 Å². The number of rotatable bonds is 4. The van der Waals surface area contributed by atoms with Gasteiger partial charge in [0.25, 0.3) is 5.91 Å². The number of aromatic amines is 1. The van der Waals surface area contributed by atoms with Crippen LogP contribution in [0.1, 0.15) is 10.5 Å². The number of benzene rings is 1. The molecule has 1 aromatic carbocycles. The lowest BCUT2D eigenvalue weighted by Crippen LogP contribution is -2.29. The van der Waals surface area contributed by atoms with Gasteiger partial charge in [0, 0.05) is 13.1 Å². The van der Waals surface area contributed by atoms with E-state index in [0.29, 0.717) is 30.3 Å². The zero-order valence-electron chi connectivity index (χ0n) is 11.3. The van der Waals surface area contributed by atoms with Crippen LogP contribution in [0.3, 0.4) is 0 Å². The van der Waals surface area contributed by atoms with E-state index in [0.717, 1.165) is 11.0 Å². The van der Waals surface area contributed by atoms with Gasteiger partial charge in [-0.2, -0.15) is 0 Å². The molecule has 0 aliphatic heterocycles. The highest BCUT2D eigenvalue weighted by Gasteiger charge is 2.10. The molecule has 0 bridgehead atoms. The van der Waals surface area contributed by atoms with Crippen molar-refractivity contribution in [1.29, 1.82) is 0 Å². The second kappa shape index (κ2) is 5.72. The number of carbonyl (C=O) groups is 1. The number of aromatic nitrogens is 3. The summed E-state index contributed by atoms with van der Waals surface area (Å²) in [6.07, 6.45) is 0. The highest BCUT2D eigenvalue weighted by molar-refractivity contribution is 5.92. The van der Waals surface area contributed by atoms with Gasteiger partial charge in [-0.05, 0) is 24.3 Å². The highest BCUT2D eigenvalue weighted by atomic mass is 16.1. The van der Waals surface area contributed by atoms with Gasteiger partial charge in [-0.1, -0.05) is 18.2 Å². The molecule has 0 saturated carbocycles. The summed E-state index contributed by atoms with van der Waals surface area (Å²) < 4.78 is 0. The molecule has 3 rings (SSSR count). The molecular weight excluding hydrogens is 266 g/mol. The van der Waals surface area contributed by atoms with Gasteiger partial charge in [0.15, 0.2) is 5.82 Å². The number of carbonyl (C=O) groups excluding carboxylic acids is 1. The normalized spacial score (nSPS) is 10.7. The predicted molar refractivity (Wildman–Crippen MR) is 80.7 cm³/mol. The van der Waals surface area contributed by atoms with Gasteiger partial charge in [0.05, 0.1) is 11.0 Å². The Morgan fingerprint density at radius 1 is 1.14 bits per heavy atom. The monoisotopic (exact) mass is 281 g/mol. The van der Waals surface area contributed by atoms with Crippen molar-refractivity contribution >= 4 is 16.9 Å². The molecular formula is C15H15N5O. The molecule has 106 valence electrons. The first-order chi connectivity index (χ1) is 10.3. The zero-order chi connectivity index (χ0) is 14.7. The molecule has 0 saturated heterocycles. The fourth-order valence-corrected chi connectivity index (χ4v) is 2.04. The van der Waals surface area contributed by atoms with E-state index < -0.39 is 0 Å². The third kappa shape index (κ3) is 2.75. The van der Waals surface area contributed by atoms with Crippen LogP contribution in [0.25, 0.3) is 22.6 Å². The molecule has 3 aromatic rings. The van der Waals surface area contributed by atoms with Crippen LogP contribution < -0.4 is 11.1 Å². The van der Waals surface area contributed by atoms with Gasteiger partial charge in [-0.15, -0.1) is 0 Å². The van der Waals surface area contributed by atoms with Crippen LogP contribution in [0.2, 0.25) is 0 Å². The molecule has 6 heteroatoms. The van der Waals surface area contributed by atoms with Gasteiger partial charge < -0.3 is 16.0 Å². The Morgan fingerprint density at radius 3 is 2.81 bits per heavy atom. The van der Waals surface area contributed by atoms with Crippen LogP contribution in [-0.2, 0) is 0 Å². The first-order valence-corrected chi connectivity index (χ1v) is 6.68. The summed E-state index contributed by atoms with van der Waals surface area (Å²) in [6.45, 7) is 0.824. The lowest BCUT2D eigenvalue weighted by Gasteiger charge is -2.03. The third-order valence-electron chi connectivity index (χ3n) is 3.04. The SMILES string of the molecule is NCCNC(=O)c1cccc(-c2nc3ccccc3[nH]2)n1. The molecule has 6 nitrogen and oxygen atoms in total. The molecule has 21 heavy (non-hydrogen) atoms. The predicted octanol–water partition coefficient (Wildman–Crippen LogP) is 1.31. The summed E-state index contributed by atoms with van der Waals surface area (Å²) in [6, 6.07) is 13.0. The summed E-state index contributed by atoms with van der Waals surface area (Å²) in [7, 11) is 0. The smallest absolute Gasteiger partial charge is 0.269 e. The van der Waals surface area contributed by atoms with Crippen molar-refractivity contribution in [2.45, 2.75) is 0 Å². The number of imidazole rings is 1. The van der Waals surface area contributed by atoms with Crippen molar-refractivity contribution in [2.24, 2.45) is 5.73 Å². The van der Waals surface area contributed by atoms with E-state index in [9.17, 15) is 4.79 Å². The van der Waals surface area contributed by atoms with Gasteiger partial charge in [0.1, 0.15) is 11.4 Å². The van der Waals surface area contributed by atoms with E-state index in [1.54, 1.807) is 12.1 Å². The van der Waals surface area contributed by atoms with Gasteiger partial charge in [0.2, 0.25) is 0 Å². The van der Waals surface area contributed by atoms with Crippen molar-refractivity contribution in [3.63, 3.8) is 0 Å². The average molecular weight is 281 g/mol. The molecule has 2 aromatic heterocycles. The average Bonchev–Trinajstić information content (AvgIpc) is 2.97. The van der Waals surface area contributed by atoms with Crippen LogP contribution in [0.5, 0.6) is 0 Å². The number of nitrogens with zero attached hydrogens (tertiary/aromatic N) is 2. The molecule has 0 aliphatic rings. The maximum absolute atomic E-state index is 11.9. The molecule has 0 atom stereocenters. The molecule has 0 radical (unpaired) electrons. The highest BCUT2D eigenvalue weighted by Crippen LogP contribution is 2.18. The lowest BCUT2D eigenvalue weighted by molar-refractivity contribution is 0.0950. The lowest BCUT2D eigenvalue weighted by atomic mass is 10.3.